The fourth-order valence-electron chi connectivity index (χ4n) is 3.25. The first-order chi connectivity index (χ1) is 13.8. The molecule has 4 rings (SSSR count). The first-order valence-corrected chi connectivity index (χ1v) is 10.3. The van der Waals surface area contributed by atoms with E-state index < -0.39 is 9.93 Å². The maximum atomic E-state index is 12.6. The van der Waals surface area contributed by atoms with Crippen LogP contribution in [-0.4, -0.2) is 37.0 Å². The number of fused-ring (bicyclic) bond motifs is 1. The Balaban J connectivity index is 1.31. The van der Waals surface area contributed by atoms with Crippen molar-refractivity contribution in [3.8, 4) is 5.75 Å². The molecule has 2 aromatic heterocycles. The number of carbonyl (C=O) groups excluding carboxylic acids is 1. The lowest BCUT2D eigenvalue weighted by Gasteiger charge is -2.25. The van der Waals surface area contributed by atoms with Gasteiger partial charge in [-0.25, -0.2) is 0 Å². The van der Waals surface area contributed by atoms with E-state index in [2.05, 4.69) is 15.5 Å². The van der Waals surface area contributed by atoms with Crippen LogP contribution in [-0.2, 0) is 11.2 Å². The van der Waals surface area contributed by atoms with Gasteiger partial charge < -0.3 is 10.1 Å². The van der Waals surface area contributed by atoms with Crippen molar-refractivity contribution in [1.82, 2.24) is 19.9 Å². The lowest BCUT2D eigenvalue weighted by atomic mass is 10.1. The number of hydrogen-bond acceptors (Lipinski definition) is 4. The van der Waals surface area contributed by atoms with Crippen molar-refractivity contribution in [3.05, 3.63) is 60.0 Å². The van der Waals surface area contributed by atoms with Gasteiger partial charge in [-0.3, -0.25) is 9.20 Å². The predicted molar refractivity (Wildman–Crippen MR) is 113 cm³/mol. The SMILES string of the molecule is CC(C)(Oc1ccc([C@@H]2CC2(Cl)Cl)cc1)C(=O)NCCc1nnc2ccccn12. The van der Waals surface area contributed by atoms with Crippen molar-refractivity contribution in [2.45, 2.75) is 42.5 Å². The number of ether oxygens (including phenoxy) is 1. The standard InChI is InChI=1S/C21H22Cl2N4O2/c1-20(2,29-15-8-6-14(7-9-15)16-13-21(16,22)23)19(28)24-11-10-18-26-25-17-5-3-4-12-27(17)18/h3-9,12,16H,10-11,13H2,1-2H3,(H,24,28)/t16-/m0/s1. The molecule has 0 aliphatic heterocycles. The summed E-state index contributed by atoms with van der Waals surface area (Å²) in [4.78, 5) is 12.6. The van der Waals surface area contributed by atoms with E-state index in [1.807, 2.05) is 53.1 Å². The zero-order chi connectivity index (χ0) is 20.6. The molecule has 0 spiro atoms. The van der Waals surface area contributed by atoms with Crippen molar-refractivity contribution in [2.24, 2.45) is 0 Å². The molecule has 29 heavy (non-hydrogen) atoms. The van der Waals surface area contributed by atoms with E-state index >= 15 is 0 Å². The molecule has 2 heterocycles. The number of nitrogens with zero attached hydrogens (tertiary/aromatic N) is 3. The molecule has 0 bridgehead atoms. The fraction of sp³-hybridized carbons (Fsp3) is 0.381. The Morgan fingerprint density at radius 1 is 1.24 bits per heavy atom. The first-order valence-electron chi connectivity index (χ1n) is 9.50. The molecule has 1 aromatic carbocycles. The maximum Gasteiger partial charge on any atom is 0.263 e. The average Bonchev–Trinajstić information content (AvgIpc) is 3.14. The van der Waals surface area contributed by atoms with E-state index in [9.17, 15) is 4.79 Å². The molecule has 6 nitrogen and oxygen atoms in total. The van der Waals surface area contributed by atoms with E-state index in [4.69, 9.17) is 27.9 Å². The van der Waals surface area contributed by atoms with Crippen LogP contribution in [0.15, 0.2) is 48.7 Å². The van der Waals surface area contributed by atoms with Gasteiger partial charge in [0, 0.05) is 25.1 Å². The molecule has 8 heteroatoms. The Hall–Kier alpha value is -2.31. The average molecular weight is 433 g/mol. The van der Waals surface area contributed by atoms with E-state index in [1.165, 1.54) is 0 Å². The van der Waals surface area contributed by atoms with Crippen LogP contribution in [0.4, 0.5) is 0 Å². The van der Waals surface area contributed by atoms with Crippen LogP contribution < -0.4 is 10.1 Å². The van der Waals surface area contributed by atoms with E-state index in [0.29, 0.717) is 18.7 Å². The van der Waals surface area contributed by atoms with E-state index in [-0.39, 0.29) is 11.8 Å². The molecule has 1 aliphatic rings. The Morgan fingerprint density at radius 3 is 2.66 bits per heavy atom. The first kappa shape index (κ1) is 20.0. The zero-order valence-electron chi connectivity index (χ0n) is 16.2. The second-order valence-electron chi connectivity index (χ2n) is 7.75. The van der Waals surface area contributed by atoms with Gasteiger partial charge in [0.1, 0.15) is 15.9 Å². The summed E-state index contributed by atoms with van der Waals surface area (Å²) in [6.07, 6.45) is 3.23. The lowest BCUT2D eigenvalue weighted by Crippen LogP contribution is -2.47. The van der Waals surface area contributed by atoms with Crippen LogP contribution in [0.3, 0.4) is 0 Å². The molecular weight excluding hydrogens is 411 g/mol. The number of alkyl halides is 2. The van der Waals surface area contributed by atoms with Gasteiger partial charge in [0.25, 0.3) is 5.91 Å². The third-order valence-electron chi connectivity index (χ3n) is 5.05. The van der Waals surface area contributed by atoms with Crippen LogP contribution in [0.25, 0.3) is 5.65 Å². The van der Waals surface area contributed by atoms with Crippen molar-refractivity contribution in [1.29, 1.82) is 0 Å². The predicted octanol–water partition coefficient (Wildman–Crippen LogP) is 3.91. The number of nitrogens with one attached hydrogen (secondary N) is 1. The van der Waals surface area contributed by atoms with Crippen LogP contribution in [0.1, 0.15) is 37.6 Å². The van der Waals surface area contributed by atoms with Crippen molar-refractivity contribution in [2.75, 3.05) is 6.54 Å². The molecular formula is C21H22Cl2N4O2. The molecule has 0 saturated heterocycles. The lowest BCUT2D eigenvalue weighted by molar-refractivity contribution is -0.134. The summed E-state index contributed by atoms with van der Waals surface area (Å²) in [5, 5.41) is 11.2. The topological polar surface area (TPSA) is 68.5 Å². The monoisotopic (exact) mass is 432 g/mol. The van der Waals surface area contributed by atoms with Crippen LogP contribution >= 0.6 is 23.2 Å². The Bertz CT molecular complexity index is 1030. The molecule has 0 unspecified atom stereocenters. The highest BCUT2D eigenvalue weighted by Gasteiger charge is 2.52. The highest BCUT2D eigenvalue weighted by molar-refractivity contribution is 6.51. The third-order valence-corrected chi connectivity index (χ3v) is 5.88. The summed E-state index contributed by atoms with van der Waals surface area (Å²) in [5.41, 5.74) is 0.842. The maximum absolute atomic E-state index is 12.6. The molecule has 1 fully saturated rings. The normalized spacial score (nSPS) is 17.9. The summed E-state index contributed by atoms with van der Waals surface area (Å²) < 4.78 is 7.17. The Labute approximate surface area is 179 Å². The van der Waals surface area contributed by atoms with Gasteiger partial charge in [0.15, 0.2) is 11.2 Å². The summed E-state index contributed by atoms with van der Waals surface area (Å²) in [5.74, 6) is 1.38. The van der Waals surface area contributed by atoms with Crippen molar-refractivity contribution < 1.29 is 9.53 Å². The number of aromatic nitrogens is 3. The molecule has 1 N–H and O–H groups in total. The van der Waals surface area contributed by atoms with Gasteiger partial charge >= 0.3 is 0 Å². The minimum Gasteiger partial charge on any atom is -0.478 e. The summed E-state index contributed by atoms with van der Waals surface area (Å²) in [6.45, 7) is 3.92. The minimum absolute atomic E-state index is 0.157. The smallest absolute Gasteiger partial charge is 0.263 e. The molecule has 3 aromatic rings. The second kappa shape index (κ2) is 7.50. The number of amides is 1. The zero-order valence-corrected chi connectivity index (χ0v) is 17.7. The number of benzene rings is 1. The van der Waals surface area contributed by atoms with Gasteiger partial charge in [0.05, 0.1) is 0 Å². The fourth-order valence-corrected chi connectivity index (χ4v) is 3.81. The van der Waals surface area contributed by atoms with E-state index in [0.717, 1.165) is 23.5 Å². The highest BCUT2D eigenvalue weighted by atomic mass is 35.5. The molecule has 152 valence electrons. The summed E-state index contributed by atoms with van der Waals surface area (Å²) >= 11 is 12.2. The van der Waals surface area contributed by atoms with Gasteiger partial charge in [-0.05, 0) is 50.1 Å². The van der Waals surface area contributed by atoms with Crippen molar-refractivity contribution in [3.63, 3.8) is 0 Å². The summed E-state index contributed by atoms with van der Waals surface area (Å²) in [7, 11) is 0. The minimum atomic E-state index is -1.02. The molecule has 1 amide bonds. The van der Waals surface area contributed by atoms with Gasteiger partial charge in [-0.2, -0.15) is 0 Å². The number of pyridine rings is 1. The van der Waals surface area contributed by atoms with Gasteiger partial charge in [0.2, 0.25) is 0 Å². The van der Waals surface area contributed by atoms with Crippen LogP contribution in [0.2, 0.25) is 0 Å². The van der Waals surface area contributed by atoms with E-state index in [1.54, 1.807) is 13.8 Å². The molecule has 0 radical (unpaired) electrons. The largest absolute Gasteiger partial charge is 0.478 e. The number of hydrogen-bond donors (Lipinski definition) is 1. The van der Waals surface area contributed by atoms with Crippen LogP contribution in [0.5, 0.6) is 5.75 Å². The molecule has 1 aliphatic carbocycles. The number of halogens is 2. The van der Waals surface area contributed by atoms with Crippen LogP contribution in [0, 0.1) is 0 Å². The van der Waals surface area contributed by atoms with Crippen molar-refractivity contribution >= 4 is 34.8 Å². The second-order valence-corrected chi connectivity index (χ2v) is 9.29. The summed E-state index contributed by atoms with van der Waals surface area (Å²) in [6, 6.07) is 13.3. The quantitative estimate of drug-likeness (QED) is 0.574. The highest BCUT2D eigenvalue weighted by Crippen LogP contribution is 2.59. The molecule has 1 saturated carbocycles. The third kappa shape index (κ3) is 4.33. The Kier molecular flexibility index (Phi) is 5.17. The van der Waals surface area contributed by atoms with Gasteiger partial charge in [-0.15, -0.1) is 33.4 Å². The molecule has 1 atom stereocenters. The van der Waals surface area contributed by atoms with Gasteiger partial charge in [-0.1, -0.05) is 18.2 Å². The number of carbonyl (C=O) groups is 1. The number of rotatable bonds is 7. The Morgan fingerprint density at radius 2 is 1.97 bits per heavy atom.